The second-order valence-corrected chi connectivity index (χ2v) is 8.27. The Morgan fingerprint density at radius 2 is 1.75 bits per heavy atom. The number of carbonyl (C=O) groups excluding carboxylic acids is 1. The summed E-state index contributed by atoms with van der Waals surface area (Å²) >= 11 is 0. The van der Waals surface area contributed by atoms with Crippen LogP contribution >= 0.6 is 0 Å². The Morgan fingerprint density at radius 1 is 1.11 bits per heavy atom. The van der Waals surface area contributed by atoms with Crippen molar-refractivity contribution in [1.82, 2.24) is 0 Å². The standard InChI is InChI=1S/C21H28F3NO3/c1-28-14-2-7-20(27)10-8-19(9-11-20)12-13-25(18(19)26)17-5-3-16(4-6-17)15-21(22,23)24/h3-6,27H,2,7-15H2,1H3. The maximum Gasteiger partial charge on any atom is 0.393 e. The molecule has 1 N–H and O–H groups in total. The lowest BCUT2D eigenvalue weighted by molar-refractivity contribution is -0.131. The van der Waals surface area contributed by atoms with Crippen LogP contribution < -0.4 is 4.90 Å². The number of ether oxygens (including phenoxy) is 1. The summed E-state index contributed by atoms with van der Waals surface area (Å²) in [5, 5.41) is 10.8. The third kappa shape index (κ3) is 4.69. The molecule has 1 aromatic carbocycles. The molecule has 1 saturated carbocycles. The smallest absolute Gasteiger partial charge is 0.390 e. The monoisotopic (exact) mass is 399 g/mol. The number of hydrogen-bond acceptors (Lipinski definition) is 3. The number of rotatable bonds is 6. The van der Waals surface area contributed by atoms with Gasteiger partial charge in [-0.05, 0) is 62.6 Å². The van der Waals surface area contributed by atoms with E-state index in [-0.39, 0.29) is 11.5 Å². The van der Waals surface area contributed by atoms with E-state index in [1.165, 1.54) is 12.1 Å². The van der Waals surface area contributed by atoms with E-state index in [9.17, 15) is 23.1 Å². The molecule has 1 aliphatic carbocycles. The summed E-state index contributed by atoms with van der Waals surface area (Å²) in [5.74, 6) is 0.0370. The number of benzene rings is 1. The van der Waals surface area contributed by atoms with Crippen molar-refractivity contribution in [2.24, 2.45) is 5.41 Å². The van der Waals surface area contributed by atoms with Gasteiger partial charge in [-0.3, -0.25) is 4.79 Å². The maximum atomic E-state index is 13.1. The van der Waals surface area contributed by atoms with Crippen molar-refractivity contribution in [3.8, 4) is 0 Å². The summed E-state index contributed by atoms with van der Waals surface area (Å²) in [6.07, 6.45) is -0.508. The van der Waals surface area contributed by atoms with Crippen molar-refractivity contribution < 1.29 is 27.8 Å². The number of hydrogen-bond donors (Lipinski definition) is 1. The van der Waals surface area contributed by atoms with Crippen LogP contribution in [0.2, 0.25) is 0 Å². The summed E-state index contributed by atoms with van der Waals surface area (Å²) in [5.41, 5.74) is -0.334. The molecule has 1 amide bonds. The zero-order chi connectivity index (χ0) is 20.4. The van der Waals surface area contributed by atoms with Crippen LogP contribution in [-0.4, -0.2) is 43.1 Å². The Hall–Kier alpha value is -1.60. The summed E-state index contributed by atoms with van der Waals surface area (Å²) in [4.78, 5) is 14.8. The molecule has 4 nitrogen and oxygen atoms in total. The molecule has 1 saturated heterocycles. The van der Waals surface area contributed by atoms with Gasteiger partial charge in [0.2, 0.25) is 5.91 Å². The van der Waals surface area contributed by atoms with Crippen LogP contribution in [0.25, 0.3) is 0 Å². The van der Waals surface area contributed by atoms with E-state index in [0.717, 1.165) is 12.8 Å². The van der Waals surface area contributed by atoms with Gasteiger partial charge in [0.25, 0.3) is 0 Å². The fourth-order valence-corrected chi connectivity index (χ4v) is 4.55. The molecule has 1 spiro atoms. The van der Waals surface area contributed by atoms with E-state index in [0.29, 0.717) is 50.9 Å². The van der Waals surface area contributed by atoms with Gasteiger partial charge in [-0.15, -0.1) is 0 Å². The Morgan fingerprint density at radius 3 is 2.32 bits per heavy atom. The van der Waals surface area contributed by atoms with E-state index in [1.807, 2.05) is 0 Å². The van der Waals surface area contributed by atoms with Gasteiger partial charge in [0.15, 0.2) is 0 Å². The summed E-state index contributed by atoms with van der Waals surface area (Å²) in [6, 6.07) is 6.08. The number of anilines is 1. The van der Waals surface area contributed by atoms with E-state index < -0.39 is 23.6 Å². The first-order chi connectivity index (χ1) is 13.2. The SMILES string of the molecule is COCCCC1(O)CCC2(CCN(c3ccc(CC(F)(F)F)cc3)C2=O)CC1. The first-order valence-corrected chi connectivity index (χ1v) is 9.85. The van der Waals surface area contributed by atoms with Gasteiger partial charge in [0, 0.05) is 25.9 Å². The van der Waals surface area contributed by atoms with Crippen LogP contribution in [0.4, 0.5) is 18.9 Å². The molecule has 0 bridgehead atoms. The first kappa shape index (κ1) is 21.1. The Kier molecular flexibility index (Phi) is 6.05. The minimum atomic E-state index is -4.24. The Balaban J connectivity index is 1.62. The van der Waals surface area contributed by atoms with E-state index in [2.05, 4.69) is 0 Å². The average Bonchev–Trinajstić information content (AvgIpc) is 2.95. The van der Waals surface area contributed by atoms with Gasteiger partial charge < -0.3 is 14.7 Å². The summed E-state index contributed by atoms with van der Waals surface area (Å²) in [6.45, 7) is 1.18. The second-order valence-electron chi connectivity index (χ2n) is 8.27. The predicted octanol–water partition coefficient (Wildman–Crippen LogP) is 4.25. The second kappa shape index (κ2) is 8.03. The van der Waals surface area contributed by atoms with Crippen molar-refractivity contribution in [1.29, 1.82) is 0 Å². The highest BCUT2D eigenvalue weighted by Crippen LogP contribution is 2.49. The fraction of sp³-hybridized carbons (Fsp3) is 0.667. The highest BCUT2D eigenvalue weighted by molar-refractivity contribution is 6.00. The molecule has 0 aromatic heterocycles. The van der Waals surface area contributed by atoms with Gasteiger partial charge in [-0.1, -0.05) is 12.1 Å². The Bertz CT molecular complexity index is 679. The number of amides is 1. The molecule has 3 rings (SSSR count). The summed E-state index contributed by atoms with van der Waals surface area (Å²) < 4.78 is 42.6. The highest BCUT2D eigenvalue weighted by atomic mass is 19.4. The minimum absolute atomic E-state index is 0.0370. The van der Waals surface area contributed by atoms with Gasteiger partial charge >= 0.3 is 6.18 Å². The molecule has 1 aromatic rings. The van der Waals surface area contributed by atoms with Crippen molar-refractivity contribution in [2.75, 3.05) is 25.2 Å². The van der Waals surface area contributed by atoms with E-state index >= 15 is 0 Å². The van der Waals surface area contributed by atoms with Gasteiger partial charge in [0.1, 0.15) is 0 Å². The normalized spacial score (nSPS) is 28.3. The van der Waals surface area contributed by atoms with Crippen molar-refractivity contribution in [2.45, 2.75) is 63.1 Å². The topological polar surface area (TPSA) is 49.8 Å². The molecule has 2 fully saturated rings. The van der Waals surface area contributed by atoms with Crippen LogP contribution in [0.3, 0.4) is 0 Å². The third-order valence-corrected chi connectivity index (χ3v) is 6.29. The number of nitrogens with zero attached hydrogens (tertiary/aromatic N) is 1. The molecule has 1 heterocycles. The van der Waals surface area contributed by atoms with Crippen LogP contribution in [0.1, 0.15) is 50.5 Å². The minimum Gasteiger partial charge on any atom is -0.390 e. The highest BCUT2D eigenvalue weighted by Gasteiger charge is 2.51. The first-order valence-electron chi connectivity index (χ1n) is 9.85. The molecule has 7 heteroatoms. The molecule has 1 aliphatic heterocycles. The van der Waals surface area contributed by atoms with Gasteiger partial charge in [-0.2, -0.15) is 13.2 Å². The molecule has 156 valence electrons. The molecular weight excluding hydrogens is 371 g/mol. The predicted molar refractivity (Wildman–Crippen MR) is 100 cm³/mol. The van der Waals surface area contributed by atoms with Crippen molar-refractivity contribution >= 4 is 11.6 Å². The maximum absolute atomic E-state index is 13.1. The summed E-state index contributed by atoms with van der Waals surface area (Å²) in [7, 11) is 1.64. The molecule has 0 atom stereocenters. The molecular formula is C21H28F3NO3. The lowest BCUT2D eigenvalue weighted by Crippen LogP contribution is -2.43. The van der Waals surface area contributed by atoms with E-state index in [4.69, 9.17) is 4.74 Å². The number of halogens is 3. The number of alkyl halides is 3. The molecule has 28 heavy (non-hydrogen) atoms. The van der Waals surface area contributed by atoms with Gasteiger partial charge in [-0.25, -0.2) is 0 Å². The molecule has 2 aliphatic rings. The third-order valence-electron chi connectivity index (χ3n) is 6.29. The van der Waals surface area contributed by atoms with Crippen LogP contribution in [0.5, 0.6) is 0 Å². The zero-order valence-corrected chi connectivity index (χ0v) is 16.2. The van der Waals surface area contributed by atoms with Crippen molar-refractivity contribution in [3.63, 3.8) is 0 Å². The number of aliphatic hydroxyl groups is 1. The van der Waals surface area contributed by atoms with Crippen LogP contribution in [0, 0.1) is 5.41 Å². The van der Waals surface area contributed by atoms with E-state index in [1.54, 1.807) is 24.1 Å². The molecule has 0 radical (unpaired) electrons. The lowest BCUT2D eigenvalue weighted by Gasteiger charge is -2.41. The lowest BCUT2D eigenvalue weighted by atomic mass is 9.66. The Labute approximate surface area is 163 Å². The number of methoxy groups -OCH3 is 1. The average molecular weight is 399 g/mol. The van der Waals surface area contributed by atoms with Crippen LogP contribution in [-0.2, 0) is 16.0 Å². The van der Waals surface area contributed by atoms with Gasteiger partial charge in [0.05, 0.1) is 17.4 Å². The number of carbonyl (C=O) groups is 1. The van der Waals surface area contributed by atoms with Crippen molar-refractivity contribution in [3.05, 3.63) is 29.8 Å². The quantitative estimate of drug-likeness (QED) is 0.728. The van der Waals surface area contributed by atoms with Crippen LogP contribution in [0.15, 0.2) is 24.3 Å². The molecule has 0 unspecified atom stereocenters. The zero-order valence-electron chi connectivity index (χ0n) is 16.2. The fourth-order valence-electron chi connectivity index (χ4n) is 4.55. The largest absolute Gasteiger partial charge is 0.393 e.